The largest absolute Gasteiger partial charge is 0.352 e. The third-order valence-electron chi connectivity index (χ3n) is 2.21. The molecule has 0 aromatic carbocycles. The number of nitrogens with zero attached hydrogens (tertiary/aromatic N) is 1. The van der Waals surface area contributed by atoms with Gasteiger partial charge in [-0.3, -0.25) is 9.78 Å². The van der Waals surface area contributed by atoms with Gasteiger partial charge >= 0.3 is 0 Å². The van der Waals surface area contributed by atoms with E-state index in [1.54, 1.807) is 12.4 Å². The quantitative estimate of drug-likeness (QED) is 0.744. The number of pyridine rings is 1. The van der Waals surface area contributed by atoms with Gasteiger partial charge in [0.1, 0.15) is 0 Å². The molecular formula is C11H17N3O. The number of rotatable bonds is 5. The summed E-state index contributed by atoms with van der Waals surface area (Å²) in [5.41, 5.74) is 2.22. The van der Waals surface area contributed by atoms with Crippen molar-refractivity contribution in [3.8, 4) is 0 Å². The van der Waals surface area contributed by atoms with Crippen molar-refractivity contribution in [2.75, 3.05) is 13.6 Å². The number of nitrogens with one attached hydrogen (secondary N) is 2. The maximum atomic E-state index is 11.3. The number of aryl methyl sites for hydroxylation is 1. The van der Waals surface area contributed by atoms with Gasteiger partial charge in [0.05, 0.1) is 0 Å². The summed E-state index contributed by atoms with van der Waals surface area (Å²) in [6.45, 7) is 3.28. The lowest BCUT2D eigenvalue weighted by atomic mass is 10.1. The maximum absolute atomic E-state index is 11.3. The first-order valence-electron chi connectivity index (χ1n) is 5.05. The Bertz CT molecular complexity index is 325. The molecule has 0 spiro atoms. The minimum absolute atomic E-state index is 0.0700. The predicted octanol–water partition coefficient (Wildman–Crippen LogP) is 0.616. The first-order valence-corrected chi connectivity index (χ1v) is 5.05. The second kappa shape index (κ2) is 6.14. The molecule has 15 heavy (non-hydrogen) atoms. The number of carbonyl (C=O) groups is 1. The SMILES string of the molecule is CNCCC(=O)NCc1ccncc1C. The zero-order valence-electron chi connectivity index (χ0n) is 9.21. The van der Waals surface area contributed by atoms with Crippen LogP contribution in [-0.2, 0) is 11.3 Å². The van der Waals surface area contributed by atoms with E-state index in [2.05, 4.69) is 15.6 Å². The highest BCUT2D eigenvalue weighted by Gasteiger charge is 2.01. The van der Waals surface area contributed by atoms with Crippen LogP contribution in [0.3, 0.4) is 0 Å². The van der Waals surface area contributed by atoms with Crippen molar-refractivity contribution in [3.05, 3.63) is 29.6 Å². The minimum atomic E-state index is 0.0700. The van der Waals surface area contributed by atoms with Crippen molar-refractivity contribution in [2.24, 2.45) is 0 Å². The molecule has 0 aliphatic carbocycles. The first-order chi connectivity index (χ1) is 7.24. The number of hydrogen-bond acceptors (Lipinski definition) is 3. The molecule has 0 saturated carbocycles. The average Bonchev–Trinajstić information content (AvgIpc) is 2.25. The molecular weight excluding hydrogens is 190 g/mol. The van der Waals surface area contributed by atoms with Crippen LogP contribution in [0.2, 0.25) is 0 Å². The van der Waals surface area contributed by atoms with Gasteiger partial charge in [-0.15, -0.1) is 0 Å². The van der Waals surface area contributed by atoms with Gasteiger partial charge in [-0.2, -0.15) is 0 Å². The summed E-state index contributed by atoms with van der Waals surface area (Å²) >= 11 is 0. The van der Waals surface area contributed by atoms with E-state index in [1.165, 1.54) is 0 Å². The van der Waals surface area contributed by atoms with Gasteiger partial charge < -0.3 is 10.6 Å². The van der Waals surface area contributed by atoms with E-state index in [-0.39, 0.29) is 5.91 Å². The summed E-state index contributed by atoms with van der Waals surface area (Å²) in [4.78, 5) is 15.3. The van der Waals surface area contributed by atoms with Crippen molar-refractivity contribution in [1.82, 2.24) is 15.6 Å². The number of hydrogen-bond donors (Lipinski definition) is 2. The molecule has 1 rings (SSSR count). The Morgan fingerprint density at radius 3 is 3.00 bits per heavy atom. The molecule has 0 unspecified atom stereocenters. The van der Waals surface area contributed by atoms with Gasteiger partial charge in [-0.25, -0.2) is 0 Å². The van der Waals surface area contributed by atoms with Gasteiger partial charge in [0.25, 0.3) is 0 Å². The number of aromatic nitrogens is 1. The van der Waals surface area contributed by atoms with Gasteiger partial charge in [0, 0.05) is 31.9 Å². The fraction of sp³-hybridized carbons (Fsp3) is 0.455. The summed E-state index contributed by atoms with van der Waals surface area (Å²) < 4.78 is 0. The molecule has 0 atom stereocenters. The molecule has 0 fully saturated rings. The number of carbonyl (C=O) groups excluding carboxylic acids is 1. The smallest absolute Gasteiger partial charge is 0.221 e. The fourth-order valence-corrected chi connectivity index (χ4v) is 1.22. The first kappa shape index (κ1) is 11.7. The minimum Gasteiger partial charge on any atom is -0.352 e. The summed E-state index contributed by atoms with van der Waals surface area (Å²) in [7, 11) is 1.83. The van der Waals surface area contributed by atoms with Crippen molar-refractivity contribution in [2.45, 2.75) is 19.9 Å². The lowest BCUT2D eigenvalue weighted by Crippen LogP contribution is -2.26. The van der Waals surface area contributed by atoms with E-state index >= 15 is 0 Å². The third kappa shape index (κ3) is 4.08. The van der Waals surface area contributed by atoms with Gasteiger partial charge in [0.2, 0.25) is 5.91 Å². The van der Waals surface area contributed by atoms with Crippen molar-refractivity contribution >= 4 is 5.91 Å². The standard InChI is InChI=1S/C11H17N3O/c1-9-7-13-6-3-10(9)8-14-11(15)4-5-12-2/h3,6-7,12H,4-5,8H2,1-2H3,(H,14,15). The topological polar surface area (TPSA) is 54.0 Å². The Labute approximate surface area is 90.1 Å². The Morgan fingerprint density at radius 1 is 1.53 bits per heavy atom. The van der Waals surface area contributed by atoms with Crippen molar-refractivity contribution in [1.29, 1.82) is 0 Å². The molecule has 1 heterocycles. The molecule has 4 nitrogen and oxygen atoms in total. The lowest BCUT2D eigenvalue weighted by molar-refractivity contribution is -0.121. The van der Waals surface area contributed by atoms with E-state index in [9.17, 15) is 4.79 Å². The van der Waals surface area contributed by atoms with E-state index in [0.29, 0.717) is 19.5 Å². The predicted molar refractivity (Wildman–Crippen MR) is 59.4 cm³/mol. The van der Waals surface area contributed by atoms with Gasteiger partial charge in [-0.1, -0.05) is 0 Å². The second-order valence-corrected chi connectivity index (χ2v) is 3.43. The monoisotopic (exact) mass is 207 g/mol. The average molecular weight is 207 g/mol. The summed E-state index contributed by atoms with van der Waals surface area (Å²) in [5.74, 6) is 0.0700. The van der Waals surface area contributed by atoms with Crippen molar-refractivity contribution < 1.29 is 4.79 Å². The lowest BCUT2D eigenvalue weighted by Gasteiger charge is -2.07. The second-order valence-electron chi connectivity index (χ2n) is 3.43. The molecule has 0 aliphatic heterocycles. The molecule has 0 aliphatic rings. The van der Waals surface area contributed by atoms with E-state index in [4.69, 9.17) is 0 Å². The fourth-order valence-electron chi connectivity index (χ4n) is 1.22. The van der Waals surface area contributed by atoms with Crippen LogP contribution in [0.25, 0.3) is 0 Å². The zero-order valence-corrected chi connectivity index (χ0v) is 9.21. The normalized spacial score (nSPS) is 10.0. The van der Waals surface area contributed by atoms with E-state index in [1.807, 2.05) is 20.0 Å². The van der Waals surface area contributed by atoms with Crippen LogP contribution in [0.1, 0.15) is 17.5 Å². The highest BCUT2D eigenvalue weighted by molar-refractivity contribution is 5.76. The molecule has 4 heteroatoms. The van der Waals surface area contributed by atoms with Crippen LogP contribution < -0.4 is 10.6 Å². The van der Waals surface area contributed by atoms with Crippen LogP contribution in [0.5, 0.6) is 0 Å². The van der Waals surface area contributed by atoms with E-state index < -0.39 is 0 Å². The molecule has 0 radical (unpaired) electrons. The molecule has 0 saturated heterocycles. The molecule has 0 bridgehead atoms. The summed E-state index contributed by atoms with van der Waals surface area (Å²) in [6.07, 6.45) is 4.05. The van der Waals surface area contributed by atoms with Crippen molar-refractivity contribution in [3.63, 3.8) is 0 Å². The molecule has 2 N–H and O–H groups in total. The Kier molecular flexibility index (Phi) is 4.77. The molecule has 82 valence electrons. The molecule has 1 aromatic heterocycles. The van der Waals surface area contributed by atoms with Crippen LogP contribution in [0.4, 0.5) is 0 Å². The molecule has 1 amide bonds. The van der Waals surface area contributed by atoms with Crippen LogP contribution in [0.15, 0.2) is 18.5 Å². The summed E-state index contributed by atoms with van der Waals surface area (Å²) in [6, 6.07) is 1.92. The van der Waals surface area contributed by atoms with Crippen LogP contribution in [-0.4, -0.2) is 24.5 Å². The Morgan fingerprint density at radius 2 is 2.33 bits per heavy atom. The third-order valence-corrected chi connectivity index (χ3v) is 2.21. The van der Waals surface area contributed by atoms with E-state index in [0.717, 1.165) is 11.1 Å². The summed E-state index contributed by atoms with van der Waals surface area (Å²) in [5, 5.41) is 5.81. The number of amides is 1. The van der Waals surface area contributed by atoms with Gasteiger partial charge in [0.15, 0.2) is 0 Å². The Hall–Kier alpha value is -1.42. The highest BCUT2D eigenvalue weighted by Crippen LogP contribution is 2.03. The van der Waals surface area contributed by atoms with Crippen LogP contribution >= 0.6 is 0 Å². The Balaban J connectivity index is 2.37. The highest BCUT2D eigenvalue weighted by atomic mass is 16.1. The molecule has 1 aromatic rings. The maximum Gasteiger partial charge on any atom is 0.221 e. The zero-order chi connectivity index (χ0) is 11.1. The van der Waals surface area contributed by atoms with Crippen LogP contribution in [0, 0.1) is 6.92 Å². The van der Waals surface area contributed by atoms with Gasteiger partial charge in [-0.05, 0) is 31.2 Å².